The van der Waals surface area contributed by atoms with Crippen LogP contribution in [0.25, 0.3) is 0 Å². The summed E-state index contributed by atoms with van der Waals surface area (Å²) >= 11 is 5.85. The van der Waals surface area contributed by atoms with Gasteiger partial charge in [-0.1, -0.05) is 11.6 Å². The van der Waals surface area contributed by atoms with Crippen LogP contribution in [0.3, 0.4) is 0 Å². The number of benzene rings is 1. The molecule has 2 rings (SSSR count). The molecule has 1 fully saturated rings. The van der Waals surface area contributed by atoms with Crippen molar-refractivity contribution in [3.8, 4) is 0 Å². The van der Waals surface area contributed by atoms with Crippen molar-refractivity contribution in [3.63, 3.8) is 0 Å². The Morgan fingerprint density at radius 3 is 2.52 bits per heavy atom. The lowest BCUT2D eigenvalue weighted by molar-refractivity contribution is -0.117. The van der Waals surface area contributed by atoms with Crippen molar-refractivity contribution in [2.75, 3.05) is 24.5 Å². The van der Waals surface area contributed by atoms with Gasteiger partial charge in [-0.2, -0.15) is 0 Å². The molecule has 0 radical (unpaired) electrons. The van der Waals surface area contributed by atoms with Gasteiger partial charge in [0.15, 0.2) is 0 Å². The number of anilines is 1. The molecule has 1 saturated heterocycles. The second kappa shape index (κ2) is 6.80. The van der Waals surface area contributed by atoms with E-state index < -0.39 is 0 Å². The van der Waals surface area contributed by atoms with Crippen molar-refractivity contribution < 1.29 is 9.59 Å². The Hall–Kier alpha value is -1.75. The average molecular weight is 310 g/mol. The first kappa shape index (κ1) is 15.6. The van der Waals surface area contributed by atoms with Gasteiger partial charge in [0.1, 0.15) is 0 Å². The molecule has 0 bridgehead atoms. The Balaban J connectivity index is 1.99. The van der Waals surface area contributed by atoms with E-state index in [0.29, 0.717) is 31.1 Å². The number of rotatable bonds is 4. The summed E-state index contributed by atoms with van der Waals surface area (Å²) in [5, 5.41) is 3.56. The Morgan fingerprint density at radius 2 is 1.95 bits per heavy atom. The van der Waals surface area contributed by atoms with Gasteiger partial charge < -0.3 is 15.1 Å². The highest BCUT2D eigenvalue weighted by molar-refractivity contribution is 6.30. The number of nitrogens with one attached hydrogen (secondary N) is 1. The van der Waals surface area contributed by atoms with Crippen LogP contribution in [0, 0.1) is 0 Å². The molecule has 1 N–H and O–H groups in total. The molecule has 6 heteroatoms. The standard InChI is InChI=1S/C15H20ClN3O2/c1-3-18(4-2)15(21)17-12-9-14(20)19(10-12)13-7-5-11(16)6-8-13/h5-8,12H,3-4,9-10H2,1-2H3,(H,17,21)/t12-/m0/s1. The molecule has 5 nitrogen and oxygen atoms in total. The summed E-state index contributed by atoms with van der Waals surface area (Å²) in [7, 11) is 0. The minimum Gasteiger partial charge on any atom is -0.333 e. The number of amides is 3. The molecule has 0 unspecified atom stereocenters. The van der Waals surface area contributed by atoms with Crippen LogP contribution in [0.4, 0.5) is 10.5 Å². The van der Waals surface area contributed by atoms with Crippen LogP contribution in [0.2, 0.25) is 5.02 Å². The third kappa shape index (κ3) is 3.67. The first-order valence-corrected chi connectivity index (χ1v) is 7.54. The van der Waals surface area contributed by atoms with Crippen molar-refractivity contribution in [2.24, 2.45) is 0 Å². The third-order valence-electron chi connectivity index (χ3n) is 3.64. The van der Waals surface area contributed by atoms with Crippen LogP contribution in [-0.2, 0) is 4.79 Å². The lowest BCUT2D eigenvalue weighted by Gasteiger charge is -2.22. The number of hydrogen-bond acceptors (Lipinski definition) is 2. The zero-order chi connectivity index (χ0) is 15.4. The number of hydrogen-bond donors (Lipinski definition) is 1. The fraction of sp³-hybridized carbons (Fsp3) is 0.467. The van der Waals surface area contributed by atoms with Crippen LogP contribution in [0.5, 0.6) is 0 Å². The van der Waals surface area contributed by atoms with E-state index in [1.54, 1.807) is 21.9 Å². The molecular formula is C15H20ClN3O2. The third-order valence-corrected chi connectivity index (χ3v) is 3.89. The van der Waals surface area contributed by atoms with Crippen LogP contribution in [0.15, 0.2) is 24.3 Å². The molecule has 0 spiro atoms. The maximum absolute atomic E-state index is 12.1. The fourth-order valence-electron chi connectivity index (χ4n) is 2.45. The van der Waals surface area contributed by atoms with Gasteiger partial charge in [0.2, 0.25) is 5.91 Å². The van der Waals surface area contributed by atoms with Gasteiger partial charge in [-0.25, -0.2) is 4.79 Å². The van der Waals surface area contributed by atoms with E-state index in [0.717, 1.165) is 5.69 Å². The van der Waals surface area contributed by atoms with Crippen LogP contribution in [0.1, 0.15) is 20.3 Å². The predicted octanol–water partition coefficient (Wildman–Crippen LogP) is 2.50. The van der Waals surface area contributed by atoms with Crippen LogP contribution in [-0.4, -0.2) is 42.5 Å². The van der Waals surface area contributed by atoms with E-state index in [1.165, 1.54) is 0 Å². The zero-order valence-corrected chi connectivity index (χ0v) is 13.1. The monoisotopic (exact) mass is 309 g/mol. The lowest BCUT2D eigenvalue weighted by atomic mass is 10.2. The molecular weight excluding hydrogens is 290 g/mol. The van der Waals surface area contributed by atoms with E-state index in [1.807, 2.05) is 26.0 Å². The molecule has 21 heavy (non-hydrogen) atoms. The maximum Gasteiger partial charge on any atom is 0.317 e. The summed E-state index contributed by atoms with van der Waals surface area (Å²) in [6.07, 6.45) is 0.329. The Bertz CT molecular complexity index is 514. The second-order valence-corrected chi connectivity index (χ2v) is 5.44. The SMILES string of the molecule is CCN(CC)C(=O)N[C@H]1CC(=O)N(c2ccc(Cl)cc2)C1. The average Bonchev–Trinajstić information content (AvgIpc) is 2.81. The van der Waals surface area contributed by atoms with E-state index >= 15 is 0 Å². The molecule has 0 aromatic heterocycles. The van der Waals surface area contributed by atoms with Crippen molar-refractivity contribution >= 4 is 29.2 Å². The van der Waals surface area contributed by atoms with Crippen LogP contribution < -0.4 is 10.2 Å². The molecule has 1 aliphatic rings. The molecule has 1 heterocycles. The van der Waals surface area contributed by atoms with Gasteiger partial charge >= 0.3 is 6.03 Å². The minimum absolute atomic E-state index is 0.0159. The van der Waals surface area contributed by atoms with Crippen LogP contribution >= 0.6 is 11.6 Å². The van der Waals surface area contributed by atoms with Crippen molar-refractivity contribution in [2.45, 2.75) is 26.3 Å². The number of halogens is 1. The molecule has 0 saturated carbocycles. The highest BCUT2D eigenvalue weighted by atomic mass is 35.5. The summed E-state index contributed by atoms with van der Waals surface area (Å²) in [6, 6.07) is 6.87. The summed E-state index contributed by atoms with van der Waals surface area (Å²) in [6.45, 7) is 5.67. The first-order chi connectivity index (χ1) is 10.0. The van der Waals surface area contributed by atoms with E-state index in [4.69, 9.17) is 11.6 Å². The van der Waals surface area contributed by atoms with Gasteiger partial charge in [-0.15, -0.1) is 0 Å². The molecule has 1 aromatic carbocycles. The smallest absolute Gasteiger partial charge is 0.317 e. The molecule has 1 aromatic rings. The maximum atomic E-state index is 12.1. The zero-order valence-electron chi connectivity index (χ0n) is 12.3. The van der Waals surface area contributed by atoms with Crippen molar-refractivity contribution in [1.29, 1.82) is 0 Å². The highest BCUT2D eigenvalue weighted by Gasteiger charge is 2.32. The second-order valence-electron chi connectivity index (χ2n) is 5.00. The van der Waals surface area contributed by atoms with Crippen molar-refractivity contribution in [3.05, 3.63) is 29.3 Å². The quantitative estimate of drug-likeness (QED) is 0.929. The summed E-state index contributed by atoms with van der Waals surface area (Å²) in [5.74, 6) is 0.0159. The summed E-state index contributed by atoms with van der Waals surface area (Å²) in [4.78, 5) is 27.5. The van der Waals surface area contributed by atoms with Gasteiger partial charge in [0.25, 0.3) is 0 Å². The minimum atomic E-state index is -0.152. The lowest BCUT2D eigenvalue weighted by Crippen LogP contribution is -2.45. The fourth-order valence-corrected chi connectivity index (χ4v) is 2.58. The van der Waals surface area contributed by atoms with Gasteiger partial charge in [-0.05, 0) is 38.1 Å². The molecule has 0 aliphatic carbocycles. The first-order valence-electron chi connectivity index (χ1n) is 7.16. The van der Waals surface area contributed by atoms with E-state index in [-0.39, 0.29) is 18.0 Å². The van der Waals surface area contributed by atoms with E-state index in [9.17, 15) is 9.59 Å². The Morgan fingerprint density at radius 1 is 1.33 bits per heavy atom. The number of carbonyl (C=O) groups excluding carboxylic acids is 2. The van der Waals surface area contributed by atoms with Gasteiger partial charge in [-0.3, -0.25) is 4.79 Å². The molecule has 114 valence electrons. The van der Waals surface area contributed by atoms with Gasteiger partial charge in [0, 0.05) is 36.8 Å². The number of nitrogens with zero attached hydrogens (tertiary/aromatic N) is 2. The van der Waals surface area contributed by atoms with Gasteiger partial charge in [0.05, 0.1) is 6.04 Å². The predicted molar refractivity (Wildman–Crippen MR) is 83.7 cm³/mol. The molecule has 1 atom stereocenters. The summed E-state index contributed by atoms with van der Waals surface area (Å²) in [5.41, 5.74) is 0.809. The summed E-state index contributed by atoms with van der Waals surface area (Å²) < 4.78 is 0. The molecule has 3 amide bonds. The van der Waals surface area contributed by atoms with Crippen molar-refractivity contribution in [1.82, 2.24) is 10.2 Å². The number of carbonyl (C=O) groups is 2. The topological polar surface area (TPSA) is 52.7 Å². The van der Waals surface area contributed by atoms with E-state index in [2.05, 4.69) is 5.32 Å². The molecule has 1 aliphatic heterocycles. The number of urea groups is 1. The Kier molecular flexibility index (Phi) is 5.07. The highest BCUT2D eigenvalue weighted by Crippen LogP contribution is 2.23. The largest absolute Gasteiger partial charge is 0.333 e. The normalized spacial score (nSPS) is 18.0. The Labute approximate surface area is 129 Å².